The second-order valence-corrected chi connectivity index (χ2v) is 6.63. The maximum Gasteiger partial charge on any atom is 0.257 e. The Labute approximate surface area is 160 Å². The van der Waals surface area contributed by atoms with E-state index in [9.17, 15) is 4.79 Å². The molecule has 1 aliphatic heterocycles. The molecule has 3 rings (SSSR count). The number of carbonyl (C=O) groups excluding carboxylic acids is 1. The van der Waals surface area contributed by atoms with E-state index in [1.165, 1.54) is 5.56 Å². The highest BCUT2D eigenvalue weighted by Gasteiger charge is 2.16. The van der Waals surface area contributed by atoms with E-state index in [0.29, 0.717) is 16.6 Å². The second kappa shape index (κ2) is 9.20. The van der Waals surface area contributed by atoms with Crippen LogP contribution in [0.4, 0.5) is 5.69 Å². The fourth-order valence-electron chi connectivity index (χ4n) is 3.01. The molecule has 2 aromatic carbocycles. The van der Waals surface area contributed by atoms with Crippen molar-refractivity contribution in [2.45, 2.75) is 19.5 Å². The molecule has 6 heteroatoms. The van der Waals surface area contributed by atoms with Gasteiger partial charge in [-0.05, 0) is 36.8 Å². The van der Waals surface area contributed by atoms with Gasteiger partial charge in [0, 0.05) is 37.9 Å². The highest BCUT2D eigenvalue weighted by atomic mass is 35.5. The lowest BCUT2D eigenvalue weighted by atomic mass is 10.1. The van der Waals surface area contributed by atoms with Gasteiger partial charge in [-0.2, -0.15) is 0 Å². The van der Waals surface area contributed by atoms with Crippen molar-refractivity contribution >= 4 is 35.6 Å². The average Bonchev–Trinajstić information content (AvgIpc) is 2.55. The number of carbonyl (C=O) groups is 1. The number of rotatable bonds is 4. The first kappa shape index (κ1) is 19.7. The molecule has 0 aliphatic carbocycles. The van der Waals surface area contributed by atoms with Crippen molar-refractivity contribution in [2.75, 3.05) is 25.0 Å². The third-order valence-electron chi connectivity index (χ3n) is 4.16. The van der Waals surface area contributed by atoms with E-state index < -0.39 is 0 Å². The maximum absolute atomic E-state index is 12.4. The standard InChI is InChI=1S/C19H22ClN3O.ClH/c1-14-12-23(10-9-21-14)13-15-5-4-6-16(11-15)22-19(24)17-7-2-3-8-18(17)20;/h2-8,11,14,21H,9-10,12-13H2,1H3,(H,22,24);1H. The summed E-state index contributed by atoms with van der Waals surface area (Å²) in [5.41, 5.74) is 2.47. The van der Waals surface area contributed by atoms with E-state index in [2.05, 4.69) is 28.5 Å². The molecular weight excluding hydrogens is 357 g/mol. The summed E-state index contributed by atoms with van der Waals surface area (Å²) < 4.78 is 0. The van der Waals surface area contributed by atoms with Crippen LogP contribution in [0.25, 0.3) is 0 Å². The molecule has 0 bridgehead atoms. The van der Waals surface area contributed by atoms with Crippen LogP contribution in [0, 0.1) is 0 Å². The van der Waals surface area contributed by atoms with E-state index in [-0.39, 0.29) is 18.3 Å². The fourth-order valence-corrected chi connectivity index (χ4v) is 3.23. The van der Waals surface area contributed by atoms with Crippen LogP contribution in [-0.2, 0) is 6.54 Å². The van der Waals surface area contributed by atoms with Gasteiger partial charge in [0.2, 0.25) is 0 Å². The summed E-state index contributed by atoms with van der Waals surface area (Å²) in [6.07, 6.45) is 0. The predicted octanol–water partition coefficient (Wildman–Crippen LogP) is 3.81. The number of halogens is 2. The number of hydrogen-bond donors (Lipinski definition) is 2. The third-order valence-corrected chi connectivity index (χ3v) is 4.49. The van der Waals surface area contributed by atoms with Gasteiger partial charge in [-0.3, -0.25) is 9.69 Å². The molecule has 2 N–H and O–H groups in total. The van der Waals surface area contributed by atoms with Crippen molar-refractivity contribution in [3.8, 4) is 0 Å². The summed E-state index contributed by atoms with van der Waals surface area (Å²) in [6, 6.07) is 15.6. The van der Waals surface area contributed by atoms with Crippen molar-refractivity contribution in [1.29, 1.82) is 0 Å². The zero-order valence-electron chi connectivity index (χ0n) is 14.2. The largest absolute Gasteiger partial charge is 0.322 e. The van der Waals surface area contributed by atoms with Crippen molar-refractivity contribution in [3.63, 3.8) is 0 Å². The number of piperazine rings is 1. The predicted molar refractivity (Wildman–Crippen MR) is 106 cm³/mol. The van der Waals surface area contributed by atoms with Gasteiger partial charge in [-0.25, -0.2) is 0 Å². The van der Waals surface area contributed by atoms with Gasteiger partial charge in [0.05, 0.1) is 10.6 Å². The normalized spacial score (nSPS) is 17.6. The summed E-state index contributed by atoms with van der Waals surface area (Å²) in [5.74, 6) is -0.187. The summed E-state index contributed by atoms with van der Waals surface area (Å²) >= 11 is 6.09. The molecule has 134 valence electrons. The molecule has 0 saturated carbocycles. The smallest absolute Gasteiger partial charge is 0.257 e. The average molecular weight is 380 g/mol. The third kappa shape index (κ3) is 5.44. The number of benzene rings is 2. The molecular formula is C19H23Cl2N3O. The molecule has 4 nitrogen and oxygen atoms in total. The molecule has 1 saturated heterocycles. The van der Waals surface area contributed by atoms with Gasteiger partial charge in [-0.15, -0.1) is 12.4 Å². The van der Waals surface area contributed by atoms with E-state index in [4.69, 9.17) is 11.6 Å². The minimum Gasteiger partial charge on any atom is -0.322 e. The van der Waals surface area contributed by atoms with Gasteiger partial charge >= 0.3 is 0 Å². The van der Waals surface area contributed by atoms with E-state index >= 15 is 0 Å². The lowest BCUT2D eigenvalue weighted by Gasteiger charge is -2.31. The van der Waals surface area contributed by atoms with Gasteiger partial charge in [0.1, 0.15) is 0 Å². The summed E-state index contributed by atoms with van der Waals surface area (Å²) in [4.78, 5) is 14.8. The summed E-state index contributed by atoms with van der Waals surface area (Å²) in [5, 5.41) is 6.84. The van der Waals surface area contributed by atoms with Crippen LogP contribution >= 0.6 is 24.0 Å². The van der Waals surface area contributed by atoms with Gasteiger partial charge in [-0.1, -0.05) is 35.9 Å². The Hall–Kier alpha value is -1.59. The van der Waals surface area contributed by atoms with Crippen molar-refractivity contribution < 1.29 is 4.79 Å². The van der Waals surface area contributed by atoms with Crippen molar-refractivity contribution in [2.24, 2.45) is 0 Å². The molecule has 1 fully saturated rings. The van der Waals surface area contributed by atoms with Crippen molar-refractivity contribution in [3.05, 3.63) is 64.7 Å². The fraction of sp³-hybridized carbons (Fsp3) is 0.316. The molecule has 25 heavy (non-hydrogen) atoms. The number of amides is 1. The number of hydrogen-bond acceptors (Lipinski definition) is 3. The van der Waals surface area contributed by atoms with Crippen LogP contribution < -0.4 is 10.6 Å². The Morgan fingerprint density at radius 1 is 1.28 bits per heavy atom. The van der Waals surface area contributed by atoms with Crippen molar-refractivity contribution in [1.82, 2.24) is 10.2 Å². The lowest BCUT2D eigenvalue weighted by Crippen LogP contribution is -2.48. The lowest BCUT2D eigenvalue weighted by molar-refractivity contribution is 0.102. The van der Waals surface area contributed by atoms with Crippen LogP contribution in [0.3, 0.4) is 0 Å². The number of nitrogens with zero attached hydrogens (tertiary/aromatic N) is 1. The highest BCUT2D eigenvalue weighted by molar-refractivity contribution is 6.34. The molecule has 1 heterocycles. The van der Waals surface area contributed by atoms with Crippen LogP contribution in [0.15, 0.2) is 48.5 Å². The van der Waals surface area contributed by atoms with E-state index in [1.807, 2.05) is 30.3 Å². The molecule has 0 radical (unpaired) electrons. The Balaban J connectivity index is 0.00000225. The molecule has 1 atom stereocenters. The molecule has 0 aromatic heterocycles. The Morgan fingerprint density at radius 2 is 2.08 bits per heavy atom. The molecule has 1 aliphatic rings. The second-order valence-electron chi connectivity index (χ2n) is 6.22. The van der Waals surface area contributed by atoms with Gasteiger partial charge < -0.3 is 10.6 Å². The Morgan fingerprint density at radius 3 is 2.84 bits per heavy atom. The maximum atomic E-state index is 12.4. The zero-order chi connectivity index (χ0) is 16.9. The van der Waals surface area contributed by atoms with Crippen LogP contribution in [0.5, 0.6) is 0 Å². The van der Waals surface area contributed by atoms with E-state index in [0.717, 1.165) is 31.9 Å². The zero-order valence-corrected chi connectivity index (χ0v) is 15.7. The van der Waals surface area contributed by atoms with Crippen LogP contribution in [0.2, 0.25) is 5.02 Å². The molecule has 1 amide bonds. The van der Waals surface area contributed by atoms with Crippen LogP contribution in [0.1, 0.15) is 22.8 Å². The van der Waals surface area contributed by atoms with Crippen LogP contribution in [-0.4, -0.2) is 36.5 Å². The number of anilines is 1. The summed E-state index contributed by atoms with van der Waals surface area (Å²) in [7, 11) is 0. The monoisotopic (exact) mass is 379 g/mol. The van der Waals surface area contributed by atoms with Gasteiger partial charge in [0.25, 0.3) is 5.91 Å². The first-order chi connectivity index (χ1) is 11.6. The Kier molecular flexibility index (Phi) is 7.26. The van der Waals surface area contributed by atoms with Gasteiger partial charge in [0.15, 0.2) is 0 Å². The van der Waals surface area contributed by atoms with E-state index in [1.54, 1.807) is 12.1 Å². The first-order valence-electron chi connectivity index (χ1n) is 8.22. The first-order valence-corrected chi connectivity index (χ1v) is 8.60. The molecule has 0 spiro atoms. The topological polar surface area (TPSA) is 44.4 Å². The SMILES string of the molecule is CC1CN(Cc2cccc(NC(=O)c3ccccc3Cl)c2)CCN1.Cl. The minimum atomic E-state index is -0.187. The molecule has 2 aromatic rings. The minimum absolute atomic E-state index is 0. The highest BCUT2D eigenvalue weighted by Crippen LogP contribution is 2.18. The molecule has 1 unspecified atom stereocenters. The summed E-state index contributed by atoms with van der Waals surface area (Å²) in [6.45, 7) is 6.19. The Bertz CT molecular complexity index is 723. The quantitative estimate of drug-likeness (QED) is 0.848. The number of nitrogens with one attached hydrogen (secondary N) is 2.